The number of benzene rings is 2. The molecular weight excluding hydrogens is 480 g/mol. The summed E-state index contributed by atoms with van der Waals surface area (Å²) in [7, 11) is -3.02. The molecule has 12 heteroatoms. The summed E-state index contributed by atoms with van der Waals surface area (Å²) in [6.07, 6.45) is -12.1. The molecule has 0 aliphatic rings. The van der Waals surface area contributed by atoms with Crippen molar-refractivity contribution in [1.82, 2.24) is 0 Å². The molecule has 0 unspecified atom stereocenters. The molecule has 0 aliphatic heterocycles. The first kappa shape index (κ1) is 22.5. The van der Waals surface area contributed by atoms with E-state index in [-0.39, 0.29) is 10.6 Å². The average Bonchev–Trinajstić information content (AvgIpc) is 2.59. The van der Waals surface area contributed by atoms with Crippen LogP contribution in [0.1, 0.15) is 5.56 Å². The van der Waals surface area contributed by atoms with E-state index < -0.39 is 33.5 Å². The Morgan fingerprint density at radius 3 is 1.68 bits per heavy atom. The van der Waals surface area contributed by atoms with Crippen molar-refractivity contribution >= 4 is 31.6 Å². The first-order valence-corrected chi connectivity index (χ1v) is 9.56. The first-order chi connectivity index (χ1) is 12.6. The number of anilines is 1. The maximum atomic E-state index is 12.9. The van der Waals surface area contributed by atoms with Crippen LogP contribution in [-0.4, -0.2) is 32.9 Å². The number of sulfonamides is 1. The van der Waals surface area contributed by atoms with E-state index in [1.165, 1.54) is 24.3 Å². The Hall–Kier alpha value is -1.79. The Balaban J connectivity index is 2.45. The van der Waals surface area contributed by atoms with Gasteiger partial charge in [0.2, 0.25) is 0 Å². The molecule has 0 fully saturated rings. The highest BCUT2D eigenvalue weighted by atomic mass is 79.9. The van der Waals surface area contributed by atoms with E-state index in [1.807, 2.05) is 0 Å². The molecule has 2 rings (SSSR count). The molecular formula is C16H12BrF6NO3S. The van der Waals surface area contributed by atoms with Crippen LogP contribution in [0.2, 0.25) is 0 Å². The summed E-state index contributed by atoms with van der Waals surface area (Å²) in [5.74, 6) is 0. The van der Waals surface area contributed by atoms with Crippen molar-refractivity contribution in [1.29, 1.82) is 0 Å². The molecule has 0 saturated carbocycles. The van der Waals surface area contributed by atoms with Crippen molar-refractivity contribution in [2.45, 2.75) is 22.8 Å². The molecule has 0 radical (unpaired) electrons. The summed E-state index contributed by atoms with van der Waals surface area (Å²) in [5.41, 5.74) is -6.76. The minimum atomic E-state index is -6.03. The fourth-order valence-corrected chi connectivity index (χ4v) is 3.76. The summed E-state index contributed by atoms with van der Waals surface area (Å²) in [5, 5.41) is 9.36. The molecule has 0 amide bonds. The van der Waals surface area contributed by atoms with E-state index >= 15 is 0 Å². The lowest BCUT2D eigenvalue weighted by Gasteiger charge is -2.33. The molecule has 28 heavy (non-hydrogen) atoms. The minimum Gasteiger partial charge on any atom is -0.369 e. The number of nitrogens with zero attached hydrogens (tertiary/aromatic N) is 1. The molecule has 0 aliphatic carbocycles. The summed E-state index contributed by atoms with van der Waals surface area (Å²) >= 11 is 3.14. The average molecular weight is 492 g/mol. The monoisotopic (exact) mass is 491 g/mol. The largest absolute Gasteiger partial charge is 0.430 e. The molecule has 154 valence electrons. The third-order valence-corrected chi connectivity index (χ3v) is 6.27. The lowest BCUT2D eigenvalue weighted by atomic mass is 9.92. The Kier molecular flexibility index (Phi) is 5.81. The van der Waals surface area contributed by atoms with Gasteiger partial charge in [-0.25, -0.2) is 8.42 Å². The molecule has 4 nitrogen and oxygen atoms in total. The molecule has 0 spiro atoms. The fourth-order valence-electron chi connectivity index (χ4n) is 2.30. The van der Waals surface area contributed by atoms with E-state index in [9.17, 15) is 39.9 Å². The molecule has 2 aromatic rings. The van der Waals surface area contributed by atoms with Crippen LogP contribution in [0.15, 0.2) is 57.9 Å². The van der Waals surface area contributed by atoms with Crippen molar-refractivity contribution in [2.75, 3.05) is 11.4 Å². The Morgan fingerprint density at radius 2 is 1.29 bits per heavy atom. The second kappa shape index (κ2) is 7.23. The summed E-state index contributed by atoms with van der Waals surface area (Å²) in [4.78, 5) is -0.135. The van der Waals surface area contributed by atoms with Crippen LogP contribution in [0.4, 0.5) is 32.0 Å². The summed E-state index contributed by atoms with van der Waals surface area (Å²) < 4.78 is 104. The van der Waals surface area contributed by atoms with Gasteiger partial charge in [-0.1, -0.05) is 28.1 Å². The molecule has 2 aromatic carbocycles. The van der Waals surface area contributed by atoms with Gasteiger partial charge in [0, 0.05) is 17.1 Å². The van der Waals surface area contributed by atoms with Crippen molar-refractivity contribution in [3.05, 3.63) is 58.6 Å². The van der Waals surface area contributed by atoms with Gasteiger partial charge in [-0.15, -0.1) is 0 Å². The Labute approximate surface area is 164 Å². The van der Waals surface area contributed by atoms with Crippen molar-refractivity contribution in [3.63, 3.8) is 0 Å². The highest BCUT2D eigenvalue weighted by molar-refractivity contribution is 9.10. The molecule has 0 aromatic heterocycles. The highest BCUT2D eigenvalue weighted by Gasteiger charge is 2.71. The smallest absolute Gasteiger partial charge is 0.369 e. The summed E-state index contributed by atoms with van der Waals surface area (Å²) in [6.45, 7) is 0. The molecule has 1 N–H and O–H groups in total. The maximum Gasteiger partial charge on any atom is 0.430 e. The normalized spacial score (nSPS) is 13.5. The topological polar surface area (TPSA) is 57.6 Å². The van der Waals surface area contributed by atoms with Gasteiger partial charge in [-0.3, -0.25) is 4.31 Å². The van der Waals surface area contributed by atoms with Crippen LogP contribution in [0.5, 0.6) is 0 Å². The van der Waals surface area contributed by atoms with Crippen LogP contribution in [0, 0.1) is 0 Å². The lowest BCUT2D eigenvalue weighted by Crippen LogP contribution is -2.53. The van der Waals surface area contributed by atoms with Gasteiger partial charge in [0.05, 0.1) is 10.6 Å². The minimum absolute atomic E-state index is 0.135. The van der Waals surface area contributed by atoms with E-state index in [0.29, 0.717) is 20.9 Å². The standard InChI is InChI=1S/C16H12BrF6NO3S/c1-24(28(26,27)13-8-4-11(17)5-9-13)12-6-2-10(3-7-12)14(25,15(18,19)20)16(21,22)23/h2-9,25H,1H3. The third-order valence-electron chi connectivity index (χ3n) is 3.94. The second-order valence-electron chi connectivity index (χ2n) is 5.68. The van der Waals surface area contributed by atoms with Gasteiger partial charge in [-0.2, -0.15) is 26.3 Å². The second-order valence-corrected chi connectivity index (χ2v) is 8.56. The predicted octanol–water partition coefficient (Wildman–Crippen LogP) is 4.59. The number of hydrogen-bond donors (Lipinski definition) is 1. The Morgan fingerprint density at radius 1 is 0.857 bits per heavy atom. The Bertz CT molecular complexity index is 926. The van der Waals surface area contributed by atoms with Crippen LogP contribution in [-0.2, 0) is 15.6 Å². The van der Waals surface area contributed by atoms with E-state index in [4.69, 9.17) is 0 Å². The zero-order valence-electron chi connectivity index (χ0n) is 13.9. The fraction of sp³-hybridized carbons (Fsp3) is 0.250. The van der Waals surface area contributed by atoms with Gasteiger partial charge in [0.25, 0.3) is 15.6 Å². The molecule has 0 saturated heterocycles. The van der Waals surface area contributed by atoms with Crippen molar-refractivity contribution < 1.29 is 39.9 Å². The third kappa shape index (κ3) is 3.85. The number of rotatable bonds is 4. The first-order valence-electron chi connectivity index (χ1n) is 7.33. The summed E-state index contributed by atoms with van der Waals surface area (Å²) in [6, 6.07) is 7.70. The van der Waals surface area contributed by atoms with E-state index in [0.717, 1.165) is 19.2 Å². The highest BCUT2D eigenvalue weighted by Crippen LogP contribution is 2.50. The van der Waals surface area contributed by atoms with E-state index in [2.05, 4.69) is 15.9 Å². The van der Waals surface area contributed by atoms with Gasteiger partial charge in [0.1, 0.15) is 0 Å². The predicted molar refractivity (Wildman–Crippen MR) is 92.2 cm³/mol. The van der Waals surface area contributed by atoms with Gasteiger partial charge < -0.3 is 5.11 Å². The lowest BCUT2D eigenvalue weighted by molar-refractivity contribution is -0.376. The SMILES string of the molecule is CN(c1ccc(C(O)(C(F)(F)F)C(F)(F)F)cc1)S(=O)(=O)c1ccc(Br)cc1. The van der Waals surface area contributed by atoms with E-state index in [1.54, 1.807) is 0 Å². The van der Waals surface area contributed by atoms with Crippen LogP contribution < -0.4 is 4.31 Å². The van der Waals surface area contributed by atoms with Crippen LogP contribution in [0.3, 0.4) is 0 Å². The maximum absolute atomic E-state index is 12.9. The number of hydrogen-bond acceptors (Lipinski definition) is 3. The van der Waals surface area contributed by atoms with Crippen LogP contribution >= 0.6 is 15.9 Å². The zero-order valence-corrected chi connectivity index (χ0v) is 16.3. The van der Waals surface area contributed by atoms with Crippen LogP contribution in [0.25, 0.3) is 0 Å². The van der Waals surface area contributed by atoms with Gasteiger partial charge >= 0.3 is 12.4 Å². The quantitative estimate of drug-likeness (QED) is 0.636. The molecule has 0 bridgehead atoms. The number of aliphatic hydroxyl groups is 1. The van der Waals surface area contributed by atoms with Gasteiger partial charge in [-0.05, 0) is 36.4 Å². The molecule has 0 heterocycles. The van der Waals surface area contributed by atoms with Gasteiger partial charge in [0.15, 0.2) is 0 Å². The van der Waals surface area contributed by atoms with Crippen molar-refractivity contribution in [3.8, 4) is 0 Å². The van der Waals surface area contributed by atoms with Crippen molar-refractivity contribution in [2.24, 2.45) is 0 Å². The molecule has 0 atom stereocenters. The number of alkyl halides is 6. The number of halogens is 7. The zero-order chi connectivity index (χ0) is 21.5.